The maximum Gasteiger partial charge on any atom is 0.276 e. The highest BCUT2D eigenvalue weighted by molar-refractivity contribution is 5.80. The fourth-order valence-corrected chi connectivity index (χ4v) is 2.30. The summed E-state index contributed by atoms with van der Waals surface area (Å²) >= 11 is 0. The number of rotatable bonds is 2. The minimum atomic E-state index is -0.242. The van der Waals surface area contributed by atoms with Crippen molar-refractivity contribution in [2.75, 3.05) is 5.73 Å². The van der Waals surface area contributed by atoms with E-state index in [1.807, 2.05) is 24.4 Å². The summed E-state index contributed by atoms with van der Waals surface area (Å²) in [6.07, 6.45) is 1.82. The van der Waals surface area contributed by atoms with Crippen molar-refractivity contribution in [2.24, 2.45) is 0 Å². The fourth-order valence-electron chi connectivity index (χ4n) is 2.30. The van der Waals surface area contributed by atoms with Crippen molar-refractivity contribution in [3.05, 3.63) is 58.0 Å². The number of fused-ring (bicyclic) bond motifs is 1. The molecule has 0 amide bonds. The van der Waals surface area contributed by atoms with Crippen molar-refractivity contribution in [2.45, 2.75) is 12.8 Å². The molecule has 2 aromatic heterocycles. The Morgan fingerprint density at radius 3 is 2.74 bits per heavy atom. The van der Waals surface area contributed by atoms with Gasteiger partial charge in [-0.15, -0.1) is 0 Å². The van der Waals surface area contributed by atoms with E-state index in [-0.39, 0.29) is 17.4 Å². The zero-order valence-corrected chi connectivity index (χ0v) is 10.5. The monoisotopic (exact) mass is 254 g/mol. The number of hydrogen-bond donors (Lipinski definition) is 3. The fraction of sp³-hybridized carbons (Fsp3) is 0.143. The molecule has 4 N–H and O–H groups in total. The van der Waals surface area contributed by atoms with E-state index >= 15 is 0 Å². The maximum atomic E-state index is 11.8. The number of hydrogen-bond acceptors (Lipinski definition) is 3. The van der Waals surface area contributed by atoms with Crippen LogP contribution in [0.4, 0.5) is 5.95 Å². The third kappa shape index (κ3) is 1.89. The zero-order valence-electron chi connectivity index (χ0n) is 10.5. The first-order chi connectivity index (χ1) is 9.16. The Hall–Kier alpha value is -2.56. The number of anilines is 1. The van der Waals surface area contributed by atoms with Gasteiger partial charge in [0.05, 0.1) is 0 Å². The molecule has 0 aliphatic carbocycles. The summed E-state index contributed by atoms with van der Waals surface area (Å²) in [4.78, 5) is 21.5. The maximum absolute atomic E-state index is 11.8. The topological polar surface area (TPSA) is 87.6 Å². The molecule has 0 aliphatic heterocycles. The Balaban J connectivity index is 2.19. The zero-order chi connectivity index (χ0) is 13.4. The van der Waals surface area contributed by atoms with Crippen molar-refractivity contribution < 1.29 is 0 Å². The first-order valence-corrected chi connectivity index (χ1v) is 6.08. The summed E-state index contributed by atoms with van der Waals surface area (Å²) in [6, 6.07) is 10.1. The smallest absolute Gasteiger partial charge is 0.276 e. The number of nitrogens with one attached hydrogen (secondary N) is 2. The summed E-state index contributed by atoms with van der Waals surface area (Å²) in [5, 5.41) is 0. The van der Waals surface area contributed by atoms with Crippen LogP contribution in [0.3, 0.4) is 0 Å². The second kappa shape index (κ2) is 4.28. The van der Waals surface area contributed by atoms with Crippen LogP contribution in [0.1, 0.15) is 24.0 Å². The number of aromatic nitrogens is 3. The van der Waals surface area contributed by atoms with Gasteiger partial charge in [0.1, 0.15) is 11.0 Å². The number of H-pyrrole nitrogens is 2. The molecule has 0 saturated carbocycles. The van der Waals surface area contributed by atoms with Crippen molar-refractivity contribution >= 4 is 17.0 Å². The van der Waals surface area contributed by atoms with Crippen LogP contribution in [0.15, 0.2) is 41.3 Å². The number of nitrogen functional groups attached to an aromatic ring is 1. The molecule has 1 atom stereocenters. The van der Waals surface area contributed by atoms with Gasteiger partial charge in [0.15, 0.2) is 0 Å². The second-order valence-corrected chi connectivity index (χ2v) is 4.55. The standard InChI is InChI=1S/C14H14N4O/c1-8(9-5-3-2-4-6-9)10-7-16-12-11(10)17-14(15)18-13(12)19/h2-8,16H,1H3,(H3,15,17,18,19)/t8-/m0/s1. The minimum Gasteiger partial charge on any atom is -0.369 e. The van der Waals surface area contributed by atoms with E-state index in [9.17, 15) is 4.79 Å². The Morgan fingerprint density at radius 1 is 1.26 bits per heavy atom. The van der Waals surface area contributed by atoms with Crippen molar-refractivity contribution in [3.8, 4) is 0 Å². The molecule has 19 heavy (non-hydrogen) atoms. The molecule has 96 valence electrons. The summed E-state index contributed by atoms with van der Waals surface area (Å²) in [6.45, 7) is 2.08. The van der Waals surface area contributed by atoms with E-state index in [4.69, 9.17) is 5.73 Å². The molecule has 5 heteroatoms. The van der Waals surface area contributed by atoms with Crippen LogP contribution in [-0.4, -0.2) is 15.0 Å². The number of benzene rings is 1. The molecule has 0 spiro atoms. The molecule has 3 aromatic rings. The Kier molecular flexibility index (Phi) is 2.59. The van der Waals surface area contributed by atoms with E-state index in [1.165, 1.54) is 5.56 Å². The van der Waals surface area contributed by atoms with Crippen LogP contribution in [0.2, 0.25) is 0 Å². The van der Waals surface area contributed by atoms with Gasteiger partial charge < -0.3 is 10.7 Å². The van der Waals surface area contributed by atoms with Crippen LogP contribution < -0.4 is 11.3 Å². The van der Waals surface area contributed by atoms with Gasteiger partial charge in [0.2, 0.25) is 5.95 Å². The Labute approximate surface area is 109 Å². The molecule has 1 aromatic carbocycles. The Morgan fingerprint density at radius 2 is 2.00 bits per heavy atom. The highest BCUT2D eigenvalue weighted by atomic mass is 16.1. The summed E-state index contributed by atoms with van der Waals surface area (Å²) in [5.74, 6) is 0.280. The molecule has 0 radical (unpaired) electrons. The van der Waals surface area contributed by atoms with Crippen LogP contribution >= 0.6 is 0 Å². The average Bonchev–Trinajstić information content (AvgIpc) is 2.83. The molecular weight excluding hydrogens is 240 g/mol. The molecular formula is C14H14N4O. The van der Waals surface area contributed by atoms with Gasteiger partial charge in [0.25, 0.3) is 5.56 Å². The van der Waals surface area contributed by atoms with Crippen molar-refractivity contribution in [3.63, 3.8) is 0 Å². The van der Waals surface area contributed by atoms with E-state index < -0.39 is 0 Å². The van der Waals surface area contributed by atoms with E-state index in [2.05, 4.69) is 34.0 Å². The SMILES string of the molecule is C[C@@H](c1ccccc1)c1c[nH]c2c(=O)[nH]c(N)nc12. The number of nitrogens with zero attached hydrogens (tertiary/aromatic N) is 1. The molecule has 0 aliphatic rings. The first kappa shape index (κ1) is 11.5. The van der Waals surface area contributed by atoms with E-state index in [1.54, 1.807) is 0 Å². The lowest BCUT2D eigenvalue weighted by molar-refractivity contribution is 0.928. The van der Waals surface area contributed by atoms with E-state index in [0.29, 0.717) is 11.0 Å². The summed E-state index contributed by atoms with van der Waals surface area (Å²) in [5.41, 5.74) is 8.61. The van der Waals surface area contributed by atoms with Gasteiger partial charge in [-0.1, -0.05) is 37.3 Å². The van der Waals surface area contributed by atoms with Gasteiger partial charge in [-0.3, -0.25) is 9.78 Å². The second-order valence-electron chi connectivity index (χ2n) is 4.55. The third-order valence-corrected chi connectivity index (χ3v) is 3.35. The normalized spacial score (nSPS) is 12.7. The van der Waals surface area contributed by atoms with Crippen LogP contribution in [-0.2, 0) is 0 Å². The van der Waals surface area contributed by atoms with Gasteiger partial charge in [-0.25, -0.2) is 4.98 Å². The van der Waals surface area contributed by atoms with Crippen LogP contribution in [0.5, 0.6) is 0 Å². The molecule has 0 unspecified atom stereocenters. The highest BCUT2D eigenvalue weighted by Gasteiger charge is 2.16. The average molecular weight is 254 g/mol. The summed E-state index contributed by atoms with van der Waals surface area (Å²) < 4.78 is 0. The number of nitrogens with two attached hydrogens (primary N) is 1. The van der Waals surface area contributed by atoms with Gasteiger partial charge in [0, 0.05) is 17.7 Å². The molecule has 2 heterocycles. The quantitative estimate of drug-likeness (QED) is 0.653. The van der Waals surface area contributed by atoms with Gasteiger partial charge in [-0.2, -0.15) is 0 Å². The lowest BCUT2D eigenvalue weighted by atomic mass is 9.94. The molecule has 5 nitrogen and oxygen atoms in total. The summed E-state index contributed by atoms with van der Waals surface area (Å²) in [7, 11) is 0. The van der Waals surface area contributed by atoms with Gasteiger partial charge in [-0.05, 0) is 5.56 Å². The Bertz CT molecular complexity index is 773. The first-order valence-electron chi connectivity index (χ1n) is 6.08. The van der Waals surface area contributed by atoms with E-state index in [0.717, 1.165) is 5.56 Å². The van der Waals surface area contributed by atoms with Crippen LogP contribution in [0, 0.1) is 0 Å². The predicted molar refractivity (Wildman–Crippen MR) is 75.1 cm³/mol. The lowest BCUT2D eigenvalue weighted by Gasteiger charge is -2.10. The molecule has 0 fully saturated rings. The number of aromatic amines is 2. The van der Waals surface area contributed by atoms with Crippen molar-refractivity contribution in [1.29, 1.82) is 0 Å². The lowest BCUT2D eigenvalue weighted by Crippen LogP contribution is -2.11. The molecule has 3 rings (SSSR count). The molecule has 0 saturated heterocycles. The van der Waals surface area contributed by atoms with Gasteiger partial charge >= 0.3 is 0 Å². The largest absolute Gasteiger partial charge is 0.369 e. The van der Waals surface area contributed by atoms with Crippen molar-refractivity contribution in [1.82, 2.24) is 15.0 Å². The minimum absolute atomic E-state index is 0.138. The highest BCUT2D eigenvalue weighted by Crippen LogP contribution is 2.28. The van der Waals surface area contributed by atoms with Crippen LogP contribution in [0.25, 0.3) is 11.0 Å². The predicted octanol–water partition coefficient (Wildman–Crippen LogP) is 1.99. The third-order valence-electron chi connectivity index (χ3n) is 3.35. The molecule has 0 bridgehead atoms.